The number of benzene rings is 2. The topological polar surface area (TPSA) is 50.7 Å². The van der Waals surface area contributed by atoms with E-state index in [4.69, 9.17) is 9.47 Å². The van der Waals surface area contributed by atoms with Gasteiger partial charge in [-0.25, -0.2) is 9.97 Å². The average molecular weight is 444 g/mol. The van der Waals surface area contributed by atoms with Gasteiger partial charge in [0.25, 0.3) is 0 Å². The summed E-state index contributed by atoms with van der Waals surface area (Å²) < 4.78 is 51.4. The van der Waals surface area contributed by atoms with Crippen LogP contribution in [0.5, 0.6) is 11.5 Å². The van der Waals surface area contributed by atoms with E-state index in [1.807, 2.05) is 24.3 Å². The van der Waals surface area contributed by atoms with Crippen molar-refractivity contribution >= 4 is 11.6 Å². The molecule has 2 aromatic carbocycles. The van der Waals surface area contributed by atoms with Gasteiger partial charge in [0.1, 0.15) is 11.5 Å². The van der Waals surface area contributed by atoms with Crippen molar-refractivity contribution in [2.24, 2.45) is 0 Å². The maximum absolute atomic E-state index is 13.6. The lowest BCUT2D eigenvalue weighted by Crippen LogP contribution is -2.47. The third kappa shape index (κ3) is 4.56. The molecule has 0 atom stereocenters. The third-order valence-electron chi connectivity index (χ3n) is 5.36. The molecule has 0 radical (unpaired) electrons. The highest BCUT2D eigenvalue weighted by molar-refractivity contribution is 5.64. The fourth-order valence-electron chi connectivity index (χ4n) is 3.69. The lowest BCUT2D eigenvalue weighted by Gasteiger charge is -2.36. The van der Waals surface area contributed by atoms with Crippen molar-refractivity contribution in [3.8, 4) is 22.8 Å². The standard InChI is InChI=1S/C23H23F3N4O2/c1-31-17-7-5-6-16(14-17)18-15-21(23(24,25)26)28-22(27-18)30-12-10-29(11-13-30)19-8-3-4-9-20(19)32-2/h3-9,14-15H,10-13H2,1-2H3. The molecule has 1 saturated heterocycles. The van der Waals surface area contributed by atoms with E-state index < -0.39 is 11.9 Å². The van der Waals surface area contributed by atoms with Gasteiger partial charge in [0.05, 0.1) is 25.6 Å². The molecule has 0 N–H and O–H groups in total. The minimum Gasteiger partial charge on any atom is -0.497 e. The molecule has 1 aliphatic heterocycles. The minimum absolute atomic E-state index is 0.0670. The Morgan fingerprint density at radius 2 is 1.53 bits per heavy atom. The minimum atomic E-state index is -4.58. The Kier molecular flexibility index (Phi) is 6.07. The van der Waals surface area contributed by atoms with E-state index in [0.717, 1.165) is 17.5 Å². The third-order valence-corrected chi connectivity index (χ3v) is 5.36. The van der Waals surface area contributed by atoms with Gasteiger partial charge in [-0.15, -0.1) is 0 Å². The van der Waals surface area contributed by atoms with Gasteiger partial charge < -0.3 is 19.3 Å². The van der Waals surface area contributed by atoms with Crippen molar-refractivity contribution in [1.82, 2.24) is 9.97 Å². The van der Waals surface area contributed by atoms with Crippen molar-refractivity contribution in [2.75, 3.05) is 50.2 Å². The Morgan fingerprint density at radius 1 is 0.812 bits per heavy atom. The molecule has 3 aromatic rings. The highest BCUT2D eigenvalue weighted by atomic mass is 19.4. The monoisotopic (exact) mass is 444 g/mol. The summed E-state index contributed by atoms with van der Waals surface area (Å²) in [6.45, 7) is 2.18. The van der Waals surface area contributed by atoms with E-state index in [2.05, 4.69) is 14.9 Å². The summed E-state index contributed by atoms with van der Waals surface area (Å²) in [6.07, 6.45) is -4.58. The maximum Gasteiger partial charge on any atom is 0.433 e. The van der Waals surface area contributed by atoms with Gasteiger partial charge in [0.2, 0.25) is 5.95 Å². The Labute approximate surface area is 184 Å². The van der Waals surface area contributed by atoms with Crippen molar-refractivity contribution in [3.05, 3.63) is 60.3 Å². The van der Waals surface area contributed by atoms with Gasteiger partial charge >= 0.3 is 6.18 Å². The first-order valence-corrected chi connectivity index (χ1v) is 10.1. The molecule has 1 aliphatic rings. The molecule has 0 amide bonds. The Hall–Kier alpha value is -3.49. The second kappa shape index (κ2) is 8.94. The highest BCUT2D eigenvalue weighted by Gasteiger charge is 2.35. The first kappa shape index (κ1) is 21.7. The summed E-state index contributed by atoms with van der Waals surface area (Å²) >= 11 is 0. The number of anilines is 2. The van der Waals surface area contributed by atoms with Crippen LogP contribution in [-0.2, 0) is 6.18 Å². The summed E-state index contributed by atoms with van der Waals surface area (Å²) in [5, 5.41) is 0. The normalized spacial score (nSPS) is 14.4. The zero-order valence-corrected chi connectivity index (χ0v) is 17.8. The quantitative estimate of drug-likeness (QED) is 0.577. The van der Waals surface area contributed by atoms with Crippen LogP contribution in [0.1, 0.15) is 5.69 Å². The number of piperazine rings is 1. The Bertz CT molecular complexity index is 1080. The summed E-state index contributed by atoms with van der Waals surface area (Å²) in [6, 6.07) is 15.5. The van der Waals surface area contributed by atoms with Gasteiger partial charge in [0, 0.05) is 31.7 Å². The molecule has 9 heteroatoms. The smallest absolute Gasteiger partial charge is 0.433 e. The number of methoxy groups -OCH3 is 2. The maximum atomic E-state index is 13.6. The molecule has 0 bridgehead atoms. The molecular formula is C23H23F3N4O2. The lowest BCUT2D eigenvalue weighted by atomic mass is 10.1. The van der Waals surface area contributed by atoms with E-state index in [-0.39, 0.29) is 11.6 Å². The molecule has 1 aromatic heterocycles. The van der Waals surface area contributed by atoms with Crippen molar-refractivity contribution in [2.45, 2.75) is 6.18 Å². The molecule has 0 saturated carbocycles. The van der Waals surface area contributed by atoms with Gasteiger partial charge in [0.15, 0.2) is 5.69 Å². The van der Waals surface area contributed by atoms with E-state index in [1.54, 1.807) is 36.3 Å². The highest BCUT2D eigenvalue weighted by Crippen LogP contribution is 2.33. The van der Waals surface area contributed by atoms with Crippen molar-refractivity contribution in [1.29, 1.82) is 0 Å². The molecular weight excluding hydrogens is 421 g/mol. The van der Waals surface area contributed by atoms with Crippen LogP contribution < -0.4 is 19.3 Å². The van der Waals surface area contributed by atoms with E-state index >= 15 is 0 Å². The molecule has 4 rings (SSSR count). The summed E-state index contributed by atoms with van der Waals surface area (Å²) in [5.74, 6) is 1.37. The summed E-state index contributed by atoms with van der Waals surface area (Å²) in [5.41, 5.74) is 0.726. The van der Waals surface area contributed by atoms with Gasteiger partial charge in [-0.05, 0) is 30.3 Å². The van der Waals surface area contributed by atoms with Crippen molar-refractivity contribution in [3.63, 3.8) is 0 Å². The van der Waals surface area contributed by atoms with Crippen LogP contribution in [0, 0.1) is 0 Å². The zero-order valence-electron chi connectivity index (χ0n) is 17.8. The SMILES string of the molecule is COc1cccc(-c2cc(C(F)(F)F)nc(N3CCN(c4ccccc4OC)CC3)n2)c1. The Balaban J connectivity index is 1.62. The van der Waals surface area contributed by atoms with Crippen LogP contribution in [0.2, 0.25) is 0 Å². The number of halogens is 3. The molecule has 0 aliphatic carbocycles. The largest absolute Gasteiger partial charge is 0.497 e. The number of aromatic nitrogens is 2. The first-order chi connectivity index (χ1) is 15.4. The average Bonchev–Trinajstić information content (AvgIpc) is 2.83. The van der Waals surface area contributed by atoms with Crippen LogP contribution >= 0.6 is 0 Å². The van der Waals surface area contributed by atoms with Crippen LogP contribution in [0.25, 0.3) is 11.3 Å². The molecule has 6 nitrogen and oxygen atoms in total. The Morgan fingerprint density at radius 3 is 2.22 bits per heavy atom. The molecule has 168 valence electrons. The molecule has 0 spiro atoms. The number of hydrogen-bond acceptors (Lipinski definition) is 6. The van der Waals surface area contributed by atoms with Crippen LogP contribution in [0.3, 0.4) is 0 Å². The number of rotatable bonds is 5. The number of ether oxygens (including phenoxy) is 2. The number of para-hydroxylation sites is 2. The number of hydrogen-bond donors (Lipinski definition) is 0. The van der Waals surface area contributed by atoms with Crippen molar-refractivity contribution < 1.29 is 22.6 Å². The van der Waals surface area contributed by atoms with Crippen LogP contribution in [0.15, 0.2) is 54.6 Å². The van der Waals surface area contributed by atoms with Crippen LogP contribution in [-0.4, -0.2) is 50.4 Å². The molecule has 2 heterocycles. The molecule has 0 unspecified atom stereocenters. The van der Waals surface area contributed by atoms with Gasteiger partial charge in [-0.3, -0.25) is 0 Å². The van der Waals surface area contributed by atoms with Gasteiger partial charge in [-0.2, -0.15) is 13.2 Å². The second-order valence-corrected chi connectivity index (χ2v) is 7.31. The fraction of sp³-hybridized carbons (Fsp3) is 0.304. The van der Waals surface area contributed by atoms with E-state index in [9.17, 15) is 13.2 Å². The number of nitrogens with zero attached hydrogens (tertiary/aromatic N) is 4. The van der Waals surface area contributed by atoms with Gasteiger partial charge in [-0.1, -0.05) is 24.3 Å². The predicted octanol–water partition coefficient (Wildman–Crippen LogP) is 4.51. The van der Waals surface area contributed by atoms with Crippen LogP contribution in [0.4, 0.5) is 24.8 Å². The summed E-state index contributed by atoms with van der Waals surface area (Å²) in [7, 11) is 3.12. The molecule has 32 heavy (non-hydrogen) atoms. The van der Waals surface area contributed by atoms with E-state index in [1.165, 1.54) is 7.11 Å². The lowest BCUT2D eigenvalue weighted by molar-refractivity contribution is -0.141. The number of alkyl halides is 3. The van der Waals surface area contributed by atoms with E-state index in [0.29, 0.717) is 37.5 Å². The second-order valence-electron chi connectivity index (χ2n) is 7.31. The predicted molar refractivity (Wildman–Crippen MR) is 116 cm³/mol. The fourth-order valence-corrected chi connectivity index (χ4v) is 3.69. The molecule has 1 fully saturated rings. The first-order valence-electron chi connectivity index (χ1n) is 10.1. The summed E-state index contributed by atoms with van der Waals surface area (Å²) in [4.78, 5) is 12.2. The zero-order chi connectivity index (χ0) is 22.7.